The number of piperidine rings is 1. The van der Waals surface area contributed by atoms with Gasteiger partial charge < -0.3 is 20.4 Å². The molecule has 116 valence electrons. The maximum atomic E-state index is 12.3. The maximum absolute atomic E-state index is 12.3. The summed E-state index contributed by atoms with van der Waals surface area (Å²) in [4.78, 5) is 14.7. The molecule has 0 radical (unpaired) electrons. The summed E-state index contributed by atoms with van der Waals surface area (Å²) < 4.78 is 5.22. The molecule has 3 N–H and O–H groups in total. The fourth-order valence-electron chi connectivity index (χ4n) is 2.79. The molecule has 0 atom stereocenters. The Morgan fingerprint density at radius 1 is 1.23 bits per heavy atom. The Bertz CT molecular complexity index is 645. The van der Waals surface area contributed by atoms with E-state index in [4.69, 9.17) is 10.2 Å². The molecule has 1 amide bonds. The molecule has 22 heavy (non-hydrogen) atoms. The summed E-state index contributed by atoms with van der Waals surface area (Å²) >= 11 is 0. The Kier molecular flexibility index (Phi) is 4.44. The highest BCUT2D eigenvalue weighted by molar-refractivity contribution is 6.05. The molecule has 1 saturated heterocycles. The molecule has 0 aliphatic carbocycles. The fraction of sp³-hybridized carbons (Fsp3) is 0.353. The third-order valence-corrected chi connectivity index (χ3v) is 3.97. The minimum atomic E-state index is -0.173. The van der Waals surface area contributed by atoms with Crippen molar-refractivity contribution in [1.82, 2.24) is 0 Å². The third kappa shape index (κ3) is 3.14. The molecule has 1 fully saturated rings. The topological polar surface area (TPSA) is 71.5 Å². The van der Waals surface area contributed by atoms with Crippen molar-refractivity contribution in [3.05, 3.63) is 47.9 Å². The third-order valence-electron chi connectivity index (χ3n) is 3.97. The van der Waals surface area contributed by atoms with Gasteiger partial charge in [-0.3, -0.25) is 4.79 Å². The van der Waals surface area contributed by atoms with Crippen LogP contribution in [0.1, 0.15) is 35.4 Å². The molecule has 3 rings (SSSR count). The number of benzene rings is 1. The number of nitrogens with two attached hydrogens (primary N) is 1. The number of para-hydroxylation sites is 2. The lowest BCUT2D eigenvalue weighted by Crippen LogP contribution is -2.30. The van der Waals surface area contributed by atoms with Crippen molar-refractivity contribution >= 4 is 17.3 Å². The van der Waals surface area contributed by atoms with E-state index in [1.807, 2.05) is 18.2 Å². The normalized spacial score (nSPS) is 14.9. The Hall–Kier alpha value is -2.27. The van der Waals surface area contributed by atoms with Gasteiger partial charge in [-0.2, -0.15) is 0 Å². The van der Waals surface area contributed by atoms with Crippen LogP contribution in [0.4, 0.5) is 11.4 Å². The van der Waals surface area contributed by atoms with Gasteiger partial charge in [-0.05, 0) is 37.5 Å². The first-order valence-electron chi connectivity index (χ1n) is 7.71. The number of nitrogens with one attached hydrogen (secondary N) is 1. The maximum Gasteiger partial charge on any atom is 0.258 e. The van der Waals surface area contributed by atoms with Gasteiger partial charge in [0.25, 0.3) is 5.91 Å². The zero-order valence-corrected chi connectivity index (χ0v) is 12.5. The smallest absolute Gasteiger partial charge is 0.258 e. The van der Waals surface area contributed by atoms with Crippen LogP contribution in [0, 0.1) is 0 Å². The molecule has 0 unspecified atom stereocenters. The monoisotopic (exact) mass is 299 g/mol. The van der Waals surface area contributed by atoms with E-state index in [9.17, 15) is 4.79 Å². The molecule has 1 aliphatic rings. The Balaban J connectivity index is 1.78. The van der Waals surface area contributed by atoms with Crippen LogP contribution >= 0.6 is 0 Å². The fourth-order valence-corrected chi connectivity index (χ4v) is 2.79. The van der Waals surface area contributed by atoms with Crippen LogP contribution in [-0.4, -0.2) is 19.0 Å². The van der Waals surface area contributed by atoms with Crippen molar-refractivity contribution in [1.29, 1.82) is 0 Å². The van der Waals surface area contributed by atoms with Gasteiger partial charge in [0.15, 0.2) is 0 Å². The van der Waals surface area contributed by atoms with E-state index in [0.29, 0.717) is 11.3 Å². The molecule has 0 spiro atoms. The van der Waals surface area contributed by atoms with Crippen LogP contribution in [0.15, 0.2) is 41.0 Å². The van der Waals surface area contributed by atoms with Gasteiger partial charge in [0.2, 0.25) is 0 Å². The molecule has 5 heteroatoms. The summed E-state index contributed by atoms with van der Waals surface area (Å²) in [5, 5.41) is 2.98. The van der Waals surface area contributed by atoms with Crippen LogP contribution in [0.5, 0.6) is 0 Å². The minimum Gasteiger partial charge on any atom is -0.467 e. The Morgan fingerprint density at radius 3 is 2.73 bits per heavy atom. The van der Waals surface area contributed by atoms with Gasteiger partial charge in [0.1, 0.15) is 12.0 Å². The second-order valence-corrected chi connectivity index (χ2v) is 5.52. The van der Waals surface area contributed by atoms with Crippen molar-refractivity contribution in [2.24, 2.45) is 5.73 Å². The average molecular weight is 299 g/mol. The van der Waals surface area contributed by atoms with Crippen molar-refractivity contribution < 1.29 is 9.21 Å². The van der Waals surface area contributed by atoms with Crippen LogP contribution < -0.4 is 16.0 Å². The first kappa shape index (κ1) is 14.7. The number of nitrogens with zero attached hydrogens (tertiary/aromatic N) is 1. The highest BCUT2D eigenvalue weighted by Crippen LogP contribution is 2.28. The zero-order valence-electron chi connectivity index (χ0n) is 12.5. The summed E-state index contributed by atoms with van der Waals surface area (Å²) in [6.45, 7) is 2.36. The summed E-state index contributed by atoms with van der Waals surface area (Å²) in [6, 6.07) is 9.61. The van der Waals surface area contributed by atoms with Crippen molar-refractivity contribution in [3.63, 3.8) is 0 Å². The van der Waals surface area contributed by atoms with Gasteiger partial charge >= 0.3 is 0 Å². The first-order valence-corrected chi connectivity index (χ1v) is 7.71. The largest absolute Gasteiger partial charge is 0.467 e. The number of anilines is 2. The molecule has 5 nitrogen and oxygen atoms in total. The molecule has 1 aromatic heterocycles. The SMILES string of the molecule is NCc1cc(C(=O)Nc2ccccc2N2CCCCC2)co1. The van der Waals surface area contributed by atoms with Crippen molar-refractivity contribution in [3.8, 4) is 0 Å². The standard InChI is InChI=1S/C17H21N3O2/c18-11-14-10-13(12-22-14)17(21)19-15-6-2-3-7-16(15)20-8-4-1-5-9-20/h2-3,6-7,10,12H,1,4-5,8-9,11,18H2,(H,19,21). The number of amides is 1. The summed E-state index contributed by atoms with van der Waals surface area (Å²) in [7, 11) is 0. The van der Waals surface area contributed by atoms with E-state index in [1.54, 1.807) is 6.07 Å². The van der Waals surface area contributed by atoms with Gasteiger partial charge in [0.05, 0.1) is 23.5 Å². The molecular weight excluding hydrogens is 278 g/mol. The Labute approximate surface area is 130 Å². The van der Waals surface area contributed by atoms with Gasteiger partial charge in [-0.15, -0.1) is 0 Å². The molecule has 2 heterocycles. The number of hydrogen-bond donors (Lipinski definition) is 2. The van der Waals surface area contributed by atoms with E-state index in [2.05, 4.69) is 16.3 Å². The number of carbonyl (C=O) groups is 1. The number of hydrogen-bond acceptors (Lipinski definition) is 4. The first-order chi connectivity index (χ1) is 10.8. The molecule has 0 bridgehead atoms. The quantitative estimate of drug-likeness (QED) is 0.910. The number of rotatable bonds is 4. The molecule has 0 saturated carbocycles. The highest BCUT2D eigenvalue weighted by atomic mass is 16.3. The molecule has 2 aromatic rings. The van der Waals surface area contributed by atoms with Crippen molar-refractivity contribution in [2.45, 2.75) is 25.8 Å². The van der Waals surface area contributed by atoms with Crippen molar-refractivity contribution in [2.75, 3.05) is 23.3 Å². The lowest BCUT2D eigenvalue weighted by atomic mass is 10.1. The van der Waals surface area contributed by atoms with E-state index in [0.717, 1.165) is 24.5 Å². The zero-order chi connectivity index (χ0) is 15.4. The van der Waals surface area contributed by atoms with E-state index >= 15 is 0 Å². The van der Waals surface area contributed by atoms with Crippen LogP contribution in [-0.2, 0) is 6.54 Å². The van der Waals surface area contributed by atoms with E-state index in [1.165, 1.54) is 25.5 Å². The van der Waals surface area contributed by atoms with Gasteiger partial charge in [0, 0.05) is 13.1 Å². The highest BCUT2D eigenvalue weighted by Gasteiger charge is 2.16. The number of furan rings is 1. The average Bonchev–Trinajstić information content (AvgIpc) is 3.05. The van der Waals surface area contributed by atoms with Crippen LogP contribution in [0.25, 0.3) is 0 Å². The van der Waals surface area contributed by atoms with Crippen LogP contribution in [0.3, 0.4) is 0 Å². The molecular formula is C17H21N3O2. The van der Waals surface area contributed by atoms with Gasteiger partial charge in [-0.1, -0.05) is 12.1 Å². The Morgan fingerprint density at radius 2 is 2.00 bits per heavy atom. The summed E-state index contributed by atoms with van der Waals surface area (Å²) in [5.41, 5.74) is 7.92. The predicted octanol–water partition coefficient (Wildman–Crippen LogP) is 2.98. The van der Waals surface area contributed by atoms with Crippen LogP contribution in [0.2, 0.25) is 0 Å². The summed E-state index contributed by atoms with van der Waals surface area (Å²) in [5.74, 6) is 0.433. The lowest BCUT2D eigenvalue weighted by Gasteiger charge is -2.30. The van der Waals surface area contributed by atoms with E-state index in [-0.39, 0.29) is 12.5 Å². The summed E-state index contributed by atoms with van der Waals surface area (Å²) in [6.07, 6.45) is 5.12. The lowest BCUT2D eigenvalue weighted by molar-refractivity contribution is 0.102. The minimum absolute atomic E-state index is 0.173. The molecule has 1 aliphatic heterocycles. The predicted molar refractivity (Wildman–Crippen MR) is 87.1 cm³/mol. The van der Waals surface area contributed by atoms with Gasteiger partial charge in [-0.25, -0.2) is 0 Å². The second-order valence-electron chi connectivity index (χ2n) is 5.52. The number of carbonyl (C=O) groups excluding carboxylic acids is 1. The molecule has 1 aromatic carbocycles. The second kappa shape index (κ2) is 6.66. The van der Waals surface area contributed by atoms with E-state index < -0.39 is 0 Å².